The molecule has 0 bridgehead atoms. The van der Waals surface area contributed by atoms with Crippen LogP contribution in [0.5, 0.6) is 0 Å². The number of hydrogen-bond acceptors (Lipinski definition) is 3. The van der Waals surface area contributed by atoms with Gasteiger partial charge < -0.3 is 5.73 Å². The van der Waals surface area contributed by atoms with Crippen LogP contribution >= 0.6 is 0 Å². The number of aryl methyl sites for hydroxylation is 3. The van der Waals surface area contributed by atoms with E-state index < -0.39 is 0 Å². The van der Waals surface area contributed by atoms with Crippen LogP contribution in [-0.4, -0.2) is 9.97 Å². The summed E-state index contributed by atoms with van der Waals surface area (Å²) >= 11 is 0. The lowest BCUT2D eigenvalue weighted by Gasteiger charge is -2.06. The molecule has 1 aromatic carbocycles. The fourth-order valence-corrected chi connectivity index (χ4v) is 2.47. The van der Waals surface area contributed by atoms with E-state index >= 15 is 0 Å². The smallest absolute Gasteiger partial charge is 0.128 e. The van der Waals surface area contributed by atoms with Crippen LogP contribution < -0.4 is 5.73 Å². The molecule has 3 heteroatoms. The van der Waals surface area contributed by atoms with Gasteiger partial charge in [0.15, 0.2) is 0 Å². The molecule has 0 atom stereocenters. The summed E-state index contributed by atoms with van der Waals surface area (Å²) in [5.74, 6) is 1.26. The molecule has 3 rings (SSSR count). The largest absolute Gasteiger partial charge is 0.384 e. The molecule has 2 aromatic rings. The molecule has 0 unspecified atom stereocenters. The van der Waals surface area contributed by atoms with Crippen LogP contribution in [0.4, 0.5) is 5.82 Å². The highest BCUT2D eigenvalue weighted by molar-refractivity contribution is 5.63. The van der Waals surface area contributed by atoms with E-state index in [0.29, 0.717) is 5.82 Å². The summed E-state index contributed by atoms with van der Waals surface area (Å²) in [5, 5.41) is 0. The molecule has 2 N–H and O–H groups in total. The van der Waals surface area contributed by atoms with Gasteiger partial charge in [0.2, 0.25) is 0 Å². The molecule has 0 radical (unpaired) electrons. The zero-order chi connectivity index (χ0) is 11.8. The second kappa shape index (κ2) is 3.84. The normalized spacial score (nSPS) is 13.7. The van der Waals surface area contributed by atoms with E-state index in [1.807, 2.05) is 13.0 Å². The van der Waals surface area contributed by atoms with Gasteiger partial charge in [-0.3, -0.25) is 0 Å². The van der Waals surface area contributed by atoms with Crippen molar-refractivity contribution >= 4 is 5.82 Å². The molecule has 1 aliphatic rings. The second-order valence-electron chi connectivity index (χ2n) is 4.56. The van der Waals surface area contributed by atoms with Crippen LogP contribution in [0.3, 0.4) is 0 Å². The predicted molar refractivity (Wildman–Crippen MR) is 68.6 cm³/mol. The van der Waals surface area contributed by atoms with Crippen molar-refractivity contribution in [3.63, 3.8) is 0 Å². The molecule has 86 valence electrons. The summed E-state index contributed by atoms with van der Waals surface area (Å²) in [6, 6.07) is 8.42. The SMILES string of the molecule is Cc1nc(N)cc(-c2ccc3c(c2)CCC3)n1. The van der Waals surface area contributed by atoms with Crippen molar-refractivity contribution in [1.82, 2.24) is 9.97 Å². The van der Waals surface area contributed by atoms with E-state index in [4.69, 9.17) is 5.73 Å². The molecule has 0 saturated carbocycles. The van der Waals surface area contributed by atoms with Gasteiger partial charge >= 0.3 is 0 Å². The minimum Gasteiger partial charge on any atom is -0.384 e. The van der Waals surface area contributed by atoms with E-state index in [1.165, 1.54) is 30.4 Å². The van der Waals surface area contributed by atoms with Crippen molar-refractivity contribution in [1.29, 1.82) is 0 Å². The van der Waals surface area contributed by atoms with E-state index in [0.717, 1.165) is 17.1 Å². The second-order valence-corrected chi connectivity index (χ2v) is 4.56. The molecule has 17 heavy (non-hydrogen) atoms. The number of aromatic nitrogens is 2. The zero-order valence-corrected chi connectivity index (χ0v) is 9.90. The molecule has 1 aliphatic carbocycles. The molecule has 0 fully saturated rings. The van der Waals surface area contributed by atoms with Crippen molar-refractivity contribution in [2.24, 2.45) is 0 Å². The zero-order valence-electron chi connectivity index (χ0n) is 9.90. The number of rotatable bonds is 1. The average molecular weight is 225 g/mol. The van der Waals surface area contributed by atoms with Crippen LogP contribution in [-0.2, 0) is 12.8 Å². The molecular weight excluding hydrogens is 210 g/mol. The van der Waals surface area contributed by atoms with Gasteiger partial charge in [-0.25, -0.2) is 9.97 Å². The van der Waals surface area contributed by atoms with E-state index in [-0.39, 0.29) is 0 Å². The molecule has 0 spiro atoms. The maximum atomic E-state index is 5.76. The quantitative estimate of drug-likeness (QED) is 0.811. The van der Waals surface area contributed by atoms with Crippen LogP contribution in [0.25, 0.3) is 11.3 Å². The summed E-state index contributed by atoms with van der Waals surface area (Å²) in [4.78, 5) is 8.54. The lowest BCUT2D eigenvalue weighted by molar-refractivity contribution is 0.912. The Hall–Kier alpha value is -1.90. The highest BCUT2D eigenvalue weighted by Crippen LogP contribution is 2.27. The number of benzene rings is 1. The first-order valence-corrected chi connectivity index (χ1v) is 5.96. The van der Waals surface area contributed by atoms with Gasteiger partial charge in [0.1, 0.15) is 11.6 Å². The first kappa shape index (κ1) is 10.3. The van der Waals surface area contributed by atoms with Gasteiger partial charge in [0.25, 0.3) is 0 Å². The van der Waals surface area contributed by atoms with E-state index in [2.05, 4.69) is 28.2 Å². The van der Waals surface area contributed by atoms with Crippen molar-refractivity contribution in [3.05, 3.63) is 41.2 Å². The Labute approximate surface area is 101 Å². The Morgan fingerprint density at radius 2 is 1.88 bits per heavy atom. The van der Waals surface area contributed by atoms with Crippen molar-refractivity contribution in [3.8, 4) is 11.3 Å². The van der Waals surface area contributed by atoms with Crippen LogP contribution in [0, 0.1) is 6.92 Å². The summed E-state index contributed by atoms with van der Waals surface area (Å²) < 4.78 is 0. The van der Waals surface area contributed by atoms with Gasteiger partial charge in [-0.15, -0.1) is 0 Å². The monoisotopic (exact) mass is 225 g/mol. The summed E-state index contributed by atoms with van der Waals surface area (Å²) in [7, 11) is 0. The third-order valence-corrected chi connectivity index (χ3v) is 3.25. The van der Waals surface area contributed by atoms with Crippen LogP contribution in [0.1, 0.15) is 23.4 Å². The number of anilines is 1. The van der Waals surface area contributed by atoms with Gasteiger partial charge in [0, 0.05) is 11.6 Å². The third-order valence-electron chi connectivity index (χ3n) is 3.25. The number of nitrogen functional groups attached to an aromatic ring is 1. The molecule has 1 heterocycles. The number of hydrogen-bond donors (Lipinski definition) is 1. The minimum atomic E-state index is 0.535. The maximum Gasteiger partial charge on any atom is 0.128 e. The molecule has 0 amide bonds. The van der Waals surface area contributed by atoms with E-state index in [1.54, 1.807) is 0 Å². The lowest BCUT2D eigenvalue weighted by Crippen LogP contribution is -1.97. The fourth-order valence-electron chi connectivity index (χ4n) is 2.47. The van der Waals surface area contributed by atoms with Gasteiger partial charge in [-0.1, -0.05) is 12.1 Å². The topological polar surface area (TPSA) is 51.8 Å². The molecule has 0 aliphatic heterocycles. The minimum absolute atomic E-state index is 0.535. The molecule has 1 aromatic heterocycles. The van der Waals surface area contributed by atoms with Gasteiger partial charge in [-0.2, -0.15) is 0 Å². The fraction of sp³-hybridized carbons (Fsp3) is 0.286. The van der Waals surface area contributed by atoms with Crippen molar-refractivity contribution in [2.75, 3.05) is 5.73 Å². The summed E-state index contributed by atoms with van der Waals surface area (Å²) in [5.41, 5.74) is 10.8. The van der Waals surface area contributed by atoms with Crippen LogP contribution in [0.2, 0.25) is 0 Å². The Kier molecular flexibility index (Phi) is 2.32. The van der Waals surface area contributed by atoms with Crippen molar-refractivity contribution < 1.29 is 0 Å². The highest BCUT2D eigenvalue weighted by Gasteiger charge is 2.12. The number of fused-ring (bicyclic) bond motifs is 1. The standard InChI is InChI=1S/C14H15N3/c1-9-16-13(8-14(15)17-9)12-6-5-10-3-2-4-11(10)7-12/h5-8H,2-4H2,1H3,(H2,15,16,17). The molecule has 3 nitrogen and oxygen atoms in total. The summed E-state index contributed by atoms with van der Waals surface area (Å²) in [6.45, 7) is 1.87. The number of nitrogens with zero attached hydrogens (tertiary/aromatic N) is 2. The lowest BCUT2D eigenvalue weighted by atomic mass is 10.0. The van der Waals surface area contributed by atoms with E-state index in [9.17, 15) is 0 Å². The Bertz CT molecular complexity index is 555. The first-order valence-electron chi connectivity index (χ1n) is 5.96. The Morgan fingerprint density at radius 3 is 2.71 bits per heavy atom. The Balaban J connectivity index is 2.09. The van der Waals surface area contributed by atoms with Gasteiger partial charge in [-0.05, 0) is 43.4 Å². The predicted octanol–water partition coefficient (Wildman–Crippen LogP) is 2.52. The Morgan fingerprint density at radius 1 is 1.06 bits per heavy atom. The summed E-state index contributed by atoms with van der Waals surface area (Å²) in [6.07, 6.45) is 3.66. The maximum absolute atomic E-state index is 5.76. The first-order chi connectivity index (χ1) is 8.22. The third kappa shape index (κ3) is 1.88. The number of nitrogens with two attached hydrogens (primary N) is 1. The molecule has 0 saturated heterocycles. The highest BCUT2D eigenvalue weighted by atomic mass is 14.9. The van der Waals surface area contributed by atoms with Gasteiger partial charge in [0.05, 0.1) is 5.69 Å². The van der Waals surface area contributed by atoms with Crippen LogP contribution in [0.15, 0.2) is 24.3 Å². The average Bonchev–Trinajstić information content (AvgIpc) is 2.74. The van der Waals surface area contributed by atoms with Crippen molar-refractivity contribution in [2.45, 2.75) is 26.2 Å². The molecular formula is C14H15N3.